The quantitative estimate of drug-likeness (QED) is 0.0318. The van der Waals surface area contributed by atoms with Crippen molar-refractivity contribution in [1.82, 2.24) is 5.32 Å². The number of nitrogens with zero attached hydrogens (tertiary/aromatic N) is 1. The van der Waals surface area contributed by atoms with E-state index in [1.165, 1.54) is 372 Å². The van der Waals surface area contributed by atoms with E-state index in [2.05, 4.69) is 19.2 Å². The third-order valence-electron chi connectivity index (χ3n) is 18.9. The van der Waals surface area contributed by atoms with E-state index >= 15 is 0 Å². The summed E-state index contributed by atoms with van der Waals surface area (Å²) in [4.78, 5) is 23.5. The van der Waals surface area contributed by atoms with Gasteiger partial charge in [-0.1, -0.05) is 418 Å². The fraction of sp³-hybridized carbons (Fsp3) is 0.987. The molecule has 86 heavy (non-hydrogen) atoms. The molecule has 0 radical (unpaired) electrons. The fourth-order valence-corrected chi connectivity index (χ4v) is 13.5. The van der Waals surface area contributed by atoms with Crippen LogP contribution in [0.25, 0.3) is 0 Å². The second-order valence-electron chi connectivity index (χ2n) is 28.8. The number of rotatable bonds is 75. The van der Waals surface area contributed by atoms with Crippen LogP contribution in [-0.2, 0) is 18.4 Å². The highest BCUT2D eigenvalue weighted by Gasteiger charge is 2.28. The molecule has 0 aliphatic carbocycles. The molecule has 0 saturated heterocycles. The van der Waals surface area contributed by atoms with Gasteiger partial charge >= 0.3 is 7.82 Å². The van der Waals surface area contributed by atoms with Crippen LogP contribution in [0.3, 0.4) is 0 Å². The standard InChI is InChI=1S/C77H157N2O6P/c1-6-8-10-12-14-16-18-20-22-24-26-28-30-32-33-34-35-36-37-38-39-40-41-42-43-44-45-46-47-49-51-53-55-57-59-61-63-65-67-69-71-77(81)78-75(74-85-86(82,83)84-73-72-79(3,4)5)76(80)70-68-66-64-62-60-58-56-54-52-50-48-31-29-27-25-23-21-19-17-15-13-11-9-7-2/h75-76,80H,6-74H2,1-5H3,(H-,78,81,82,83)/p+1. The average molecular weight is 1240 g/mol. The largest absolute Gasteiger partial charge is 0.472 e. The highest BCUT2D eigenvalue weighted by Crippen LogP contribution is 2.43. The van der Waals surface area contributed by atoms with E-state index in [9.17, 15) is 19.4 Å². The number of carbonyl (C=O) groups is 1. The number of likely N-dealkylation sites (N-methyl/N-ethyl adjacent to an activating group) is 1. The van der Waals surface area contributed by atoms with Gasteiger partial charge in [-0.3, -0.25) is 13.8 Å². The van der Waals surface area contributed by atoms with Gasteiger partial charge in [-0.2, -0.15) is 0 Å². The zero-order valence-electron chi connectivity index (χ0n) is 59.4. The lowest BCUT2D eigenvalue weighted by Gasteiger charge is -2.26. The Morgan fingerprint density at radius 1 is 0.349 bits per heavy atom. The summed E-state index contributed by atoms with van der Waals surface area (Å²) in [5.41, 5.74) is 0. The van der Waals surface area contributed by atoms with Crippen LogP contribution in [-0.4, -0.2) is 73.4 Å². The van der Waals surface area contributed by atoms with Crippen molar-refractivity contribution in [2.75, 3.05) is 40.9 Å². The fourth-order valence-electron chi connectivity index (χ4n) is 12.8. The van der Waals surface area contributed by atoms with Gasteiger partial charge in [0.05, 0.1) is 39.9 Å². The summed E-state index contributed by atoms with van der Waals surface area (Å²) in [5, 5.41) is 14.2. The SMILES string of the molecule is CCCCCCCCCCCCCCCCCCCCCCCCCCCCCCCCCCCCCCCCCCC(=O)NC(COP(=O)(O)OCC[N+](C)(C)C)C(O)CCCCCCCCCCCCCCCCCCCCCCCCCC. The first kappa shape index (κ1) is 85.5. The van der Waals surface area contributed by atoms with Gasteiger partial charge in [0.25, 0.3) is 0 Å². The van der Waals surface area contributed by atoms with Crippen LogP contribution in [0.2, 0.25) is 0 Å². The molecule has 0 spiro atoms. The molecule has 516 valence electrons. The first-order chi connectivity index (χ1) is 42.0. The Balaban J connectivity index is 3.85. The van der Waals surface area contributed by atoms with E-state index < -0.39 is 20.0 Å². The van der Waals surface area contributed by atoms with Crippen molar-refractivity contribution in [1.29, 1.82) is 0 Å². The van der Waals surface area contributed by atoms with E-state index in [1.807, 2.05) is 21.1 Å². The topological polar surface area (TPSA) is 105 Å². The zero-order chi connectivity index (χ0) is 62.6. The summed E-state index contributed by atoms with van der Waals surface area (Å²) in [5.74, 6) is -0.132. The van der Waals surface area contributed by atoms with Crippen molar-refractivity contribution < 1.29 is 32.9 Å². The third-order valence-corrected chi connectivity index (χ3v) is 19.8. The van der Waals surface area contributed by atoms with Crippen LogP contribution in [0.5, 0.6) is 0 Å². The van der Waals surface area contributed by atoms with Crippen LogP contribution in [0, 0.1) is 0 Å². The van der Waals surface area contributed by atoms with Gasteiger partial charge in [0, 0.05) is 6.42 Å². The number of hydrogen-bond acceptors (Lipinski definition) is 5. The second-order valence-corrected chi connectivity index (χ2v) is 30.3. The first-order valence-corrected chi connectivity index (χ1v) is 40.9. The number of carbonyl (C=O) groups excluding carboxylic acids is 1. The summed E-state index contributed by atoms with van der Waals surface area (Å²) in [7, 11) is 1.65. The van der Waals surface area contributed by atoms with E-state index in [4.69, 9.17) is 9.05 Å². The second kappa shape index (κ2) is 68.9. The number of phosphoric ester groups is 1. The summed E-state index contributed by atoms with van der Waals surface area (Å²) < 4.78 is 23.9. The van der Waals surface area contributed by atoms with Crippen molar-refractivity contribution >= 4 is 13.7 Å². The number of quaternary nitrogens is 1. The monoisotopic (exact) mass is 1240 g/mol. The molecule has 3 N–H and O–H groups in total. The molecule has 0 heterocycles. The molecule has 3 atom stereocenters. The molecule has 0 aromatic heterocycles. The highest BCUT2D eigenvalue weighted by atomic mass is 31.2. The molecule has 9 heteroatoms. The predicted octanol–water partition coefficient (Wildman–Crippen LogP) is 25.5. The van der Waals surface area contributed by atoms with Gasteiger partial charge in [-0.05, 0) is 12.8 Å². The minimum Gasteiger partial charge on any atom is -0.391 e. The van der Waals surface area contributed by atoms with E-state index in [0.29, 0.717) is 23.9 Å². The Labute approximate surface area is 540 Å². The summed E-state index contributed by atoms with van der Waals surface area (Å²) in [6.07, 6.45) is 88.3. The molecule has 0 aromatic carbocycles. The summed E-state index contributed by atoms with van der Waals surface area (Å²) >= 11 is 0. The van der Waals surface area contributed by atoms with E-state index in [1.54, 1.807) is 0 Å². The Morgan fingerprint density at radius 2 is 0.558 bits per heavy atom. The molecule has 8 nitrogen and oxygen atoms in total. The molecule has 0 aliphatic rings. The van der Waals surface area contributed by atoms with Crippen molar-refractivity contribution in [3.8, 4) is 0 Å². The van der Waals surface area contributed by atoms with Crippen LogP contribution in [0.1, 0.15) is 438 Å². The van der Waals surface area contributed by atoms with Gasteiger partial charge in [0.2, 0.25) is 5.91 Å². The van der Waals surface area contributed by atoms with Crippen molar-refractivity contribution in [2.45, 2.75) is 450 Å². The number of nitrogens with one attached hydrogen (secondary N) is 1. The molecule has 0 fully saturated rings. The Hall–Kier alpha value is -0.500. The Morgan fingerprint density at radius 3 is 0.779 bits per heavy atom. The molecule has 0 saturated carbocycles. The van der Waals surface area contributed by atoms with Crippen LogP contribution in [0.4, 0.5) is 0 Å². The van der Waals surface area contributed by atoms with Gasteiger partial charge in [-0.25, -0.2) is 4.57 Å². The lowest BCUT2D eigenvalue weighted by atomic mass is 10.0. The normalized spacial score (nSPS) is 13.4. The number of unbranched alkanes of at least 4 members (excludes halogenated alkanes) is 62. The molecule has 0 aliphatic heterocycles. The van der Waals surface area contributed by atoms with Crippen LogP contribution < -0.4 is 5.32 Å². The Bertz CT molecular complexity index is 1360. The number of phosphoric acid groups is 1. The minimum absolute atomic E-state index is 0.0796. The molecule has 0 bridgehead atoms. The maximum Gasteiger partial charge on any atom is 0.472 e. The molecular weight excluding hydrogens is 1080 g/mol. The molecule has 3 unspecified atom stereocenters. The number of aliphatic hydroxyl groups is 1. The first-order valence-electron chi connectivity index (χ1n) is 39.4. The van der Waals surface area contributed by atoms with Gasteiger partial charge in [0.1, 0.15) is 13.2 Å². The van der Waals surface area contributed by atoms with Crippen molar-refractivity contribution in [3.05, 3.63) is 0 Å². The van der Waals surface area contributed by atoms with Gasteiger partial charge in [0.15, 0.2) is 0 Å². The van der Waals surface area contributed by atoms with Crippen molar-refractivity contribution in [2.24, 2.45) is 0 Å². The van der Waals surface area contributed by atoms with Crippen molar-refractivity contribution in [3.63, 3.8) is 0 Å². The predicted molar refractivity (Wildman–Crippen MR) is 379 cm³/mol. The molecule has 1 amide bonds. The summed E-state index contributed by atoms with van der Waals surface area (Å²) in [6, 6.07) is -0.757. The van der Waals surface area contributed by atoms with Crippen LogP contribution >= 0.6 is 7.82 Å². The minimum atomic E-state index is -4.33. The molecule has 0 rings (SSSR count). The number of hydrogen-bond donors (Lipinski definition) is 3. The Kier molecular flexibility index (Phi) is 68.5. The van der Waals surface area contributed by atoms with Gasteiger partial charge in [-0.15, -0.1) is 0 Å². The maximum absolute atomic E-state index is 13.1. The molecule has 0 aromatic rings. The lowest BCUT2D eigenvalue weighted by molar-refractivity contribution is -0.870. The van der Waals surface area contributed by atoms with E-state index in [0.717, 1.165) is 38.5 Å². The van der Waals surface area contributed by atoms with Gasteiger partial charge < -0.3 is 19.8 Å². The number of aliphatic hydroxyl groups excluding tert-OH is 1. The smallest absolute Gasteiger partial charge is 0.391 e. The number of amides is 1. The third kappa shape index (κ3) is 70.9. The maximum atomic E-state index is 13.1. The average Bonchev–Trinajstić information content (AvgIpc) is 3.70. The molecular formula is C77H158N2O6P+. The highest BCUT2D eigenvalue weighted by molar-refractivity contribution is 7.47. The zero-order valence-corrected chi connectivity index (χ0v) is 60.3. The van der Waals surface area contributed by atoms with Crippen LogP contribution in [0.15, 0.2) is 0 Å². The lowest BCUT2D eigenvalue weighted by Crippen LogP contribution is -2.46. The van der Waals surface area contributed by atoms with E-state index in [-0.39, 0.29) is 19.1 Å². The summed E-state index contributed by atoms with van der Waals surface area (Å²) in [6.45, 7) is 4.97.